The maximum Gasteiger partial charge on any atom is 0.416 e. The number of piperidine rings is 1. The van der Waals surface area contributed by atoms with Crippen molar-refractivity contribution in [1.29, 1.82) is 0 Å². The standard InChI is InChI=1S/C12H14F4N2/c13-10-6-8(12(14,15)16)3-4-11(10)18-5-1-2-9(17)7-18/h3-4,6,9H,1-2,5,7,17H2. The van der Waals surface area contributed by atoms with Crippen molar-refractivity contribution in [3.05, 3.63) is 29.6 Å². The van der Waals surface area contributed by atoms with E-state index in [1.54, 1.807) is 4.90 Å². The topological polar surface area (TPSA) is 29.3 Å². The first-order chi connectivity index (χ1) is 8.38. The summed E-state index contributed by atoms with van der Waals surface area (Å²) in [5, 5.41) is 0. The van der Waals surface area contributed by atoms with E-state index in [4.69, 9.17) is 5.73 Å². The highest BCUT2D eigenvalue weighted by atomic mass is 19.4. The highest BCUT2D eigenvalue weighted by Gasteiger charge is 2.31. The minimum Gasteiger partial charge on any atom is -0.368 e. The van der Waals surface area contributed by atoms with E-state index in [2.05, 4.69) is 0 Å². The van der Waals surface area contributed by atoms with Gasteiger partial charge in [0, 0.05) is 19.1 Å². The van der Waals surface area contributed by atoms with Crippen molar-refractivity contribution in [2.75, 3.05) is 18.0 Å². The second kappa shape index (κ2) is 4.76. The number of alkyl halides is 3. The van der Waals surface area contributed by atoms with E-state index in [1.165, 1.54) is 6.07 Å². The smallest absolute Gasteiger partial charge is 0.368 e. The summed E-state index contributed by atoms with van der Waals surface area (Å²) in [6.07, 6.45) is -2.84. The summed E-state index contributed by atoms with van der Waals surface area (Å²) < 4.78 is 50.9. The van der Waals surface area contributed by atoms with Gasteiger partial charge in [0.2, 0.25) is 0 Å². The van der Waals surface area contributed by atoms with Crippen LogP contribution >= 0.6 is 0 Å². The summed E-state index contributed by atoms with van der Waals surface area (Å²) in [6, 6.07) is 2.56. The fourth-order valence-electron chi connectivity index (χ4n) is 2.17. The van der Waals surface area contributed by atoms with E-state index in [0.29, 0.717) is 19.2 Å². The molecule has 1 atom stereocenters. The zero-order chi connectivity index (χ0) is 13.3. The molecule has 1 aliphatic rings. The molecular formula is C12H14F4N2. The lowest BCUT2D eigenvalue weighted by atomic mass is 10.1. The average molecular weight is 262 g/mol. The minimum absolute atomic E-state index is 0.0551. The van der Waals surface area contributed by atoms with Crippen LogP contribution in [0.25, 0.3) is 0 Å². The van der Waals surface area contributed by atoms with Crippen molar-refractivity contribution in [2.45, 2.75) is 25.1 Å². The Morgan fingerprint density at radius 3 is 2.56 bits per heavy atom. The minimum atomic E-state index is -4.52. The summed E-state index contributed by atoms with van der Waals surface area (Å²) in [4.78, 5) is 1.70. The predicted molar refractivity (Wildman–Crippen MR) is 60.8 cm³/mol. The Hall–Kier alpha value is -1.30. The second-order valence-corrected chi connectivity index (χ2v) is 4.51. The van der Waals surface area contributed by atoms with E-state index >= 15 is 0 Å². The molecule has 0 spiro atoms. The molecule has 0 radical (unpaired) electrons. The molecule has 18 heavy (non-hydrogen) atoms. The summed E-state index contributed by atoms with van der Waals surface area (Å²) in [5.74, 6) is -0.848. The fourth-order valence-corrected chi connectivity index (χ4v) is 2.17. The molecule has 2 N–H and O–H groups in total. The van der Waals surface area contributed by atoms with E-state index < -0.39 is 17.6 Å². The molecule has 1 saturated heterocycles. The van der Waals surface area contributed by atoms with Crippen molar-refractivity contribution in [3.8, 4) is 0 Å². The number of hydrogen-bond acceptors (Lipinski definition) is 2. The molecule has 2 rings (SSSR count). The maximum absolute atomic E-state index is 13.7. The molecule has 6 heteroatoms. The maximum atomic E-state index is 13.7. The van der Waals surface area contributed by atoms with E-state index in [9.17, 15) is 17.6 Å². The average Bonchev–Trinajstić information content (AvgIpc) is 2.27. The van der Waals surface area contributed by atoms with Gasteiger partial charge < -0.3 is 10.6 Å². The van der Waals surface area contributed by atoms with Crippen LogP contribution in [0.2, 0.25) is 0 Å². The van der Waals surface area contributed by atoms with Crippen molar-refractivity contribution >= 4 is 5.69 Å². The molecule has 1 aromatic carbocycles. The van der Waals surface area contributed by atoms with Crippen LogP contribution in [0.3, 0.4) is 0 Å². The molecule has 0 aliphatic carbocycles. The van der Waals surface area contributed by atoms with Gasteiger partial charge in [-0.2, -0.15) is 13.2 Å². The molecule has 1 aromatic rings. The molecule has 0 saturated carbocycles. The van der Waals surface area contributed by atoms with Crippen LogP contribution < -0.4 is 10.6 Å². The van der Waals surface area contributed by atoms with E-state index in [0.717, 1.165) is 18.9 Å². The molecule has 2 nitrogen and oxygen atoms in total. The first-order valence-corrected chi connectivity index (χ1v) is 5.75. The number of halogens is 4. The lowest BCUT2D eigenvalue weighted by Crippen LogP contribution is -2.43. The van der Waals surface area contributed by atoms with Crippen molar-refractivity contribution in [2.24, 2.45) is 5.73 Å². The number of anilines is 1. The molecule has 1 aliphatic heterocycles. The lowest BCUT2D eigenvalue weighted by Gasteiger charge is -2.32. The molecule has 1 unspecified atom stereocenters. The van der Waals surface area contributed by atoms with Crippen molar-refractivity contribution in [3.63, 3.8) is 0 Å². The van der Waals surface area contributed by atoms with Crippen molar-refractivity contribution in [1.82, 2.24) is 0 Å². The molecule has 1 heterocycles. The monoisotopic (exact) mass is 262 g/mol. The molecule has 1 fully saturated rings. The van der Waals surface area contributed by atoms with Gasteiger partial charge in [0.15, 0.2) is 0 Å². The number of rotatable bonds is 1. The second-order valence-electron chi connectivity index (χ2n) is 4.51. The lowest BCUT2D eigenvalue weighted by molar-refractivity contribution is -0.137. The summed E-state index contributed by atoms with van der Waals surface area (Å²) >= 11 is 0. The van der Waals surface area contributed by atoms with Crippen LogP contribution in [0.1, 0.15) is 18.4 Å². The number of hydrogen-bond donors (Lipinski definition) is 1. The predicted octanol–water partition coefficient (Wildman–Crippen LogP) is 2.77. The van der Waals surface area contributed by atoms with Crippen LogP contribution in [-0.2, 0) is 6.18 Å². The largest absolute Gasteiger partial charge is 0.416 e. The first kappa shape index (κ1) is 13.1. The summed E-state index contributed by atoms with van der Waals surface area (Å²) in [5.41, 5.74) is 4.99. The normalized spacial score (nSPS) is 21.2. The first-order valence-electron chi connectivity index (χ1n) is 5.75. The summed E-state index contributed by atoms with van der Waals surface area (Å²) in [7, 11) is 0. The molecule has 100 valence electrons. The van der Waals surface area contributed by atoms with Gasteiger partial charge in [-0.15, -0.1) is 0 Å². The highest BCUT2D eigenvalue weighted by molar-refractivity contribution is 5.50. The van der Waals surface area contributed by atoms with Gasteiger partial charge in [-0.25, -0.2) is 4.39 Å². The van der Waals surface area contributed by atoms with Gasteiger partial charge in [-0.05, 0) is 31.0 Å². The molecular weight excluding hydrogens is 248 g/mol. The Kier molecular flexibility index (Phi) is 3.47. The zero-order valence-corrected chi connectivity index (χ0v) is 9.67. The van der Waals surface area contributed by atoms with Crippen LogP contribution in [0.5, 0.6) is 0 Å². The third kappa shape index (κ3) is 2.75. The fraction of sp³-hybridized carbons (Fsp3) is 0.500. The SMILES string of the molecule is NC1CCCN(c2ccc(C(F)(F)F)cc2F)C1. The third-order valence-electron chi connectivity index (χ3n) is 3.07. The van der Waals surface area contributed by atoms with Gasteiger partial charge in [0.05, 0.1) is 11.3 Å². The Bertz CT molecular complexity index is 431. The summed E-state index contributed by atoms with van der Waals surface area (Å²) in [6.45, 7) is 1.10. The van der Waals surface area contributed by atoms with Crippen LogP contribution in [0, 0.1) is 5.82 Å². The zero-order valence-electron chi connectivity index (χ0n) is 9.67. The van der Waals surface area contributed by atoms with Crippen LogP contribution in [-0.4, -0.2) is 19.1 Å². The van der Waals surface area contributed by atoms with Gasteiger partial charge in [0.25, 0.3) is 0 Å². The van der Waals surface area contributed by atoms with Crippen LogP contribution in [0.15, 0.2) is 18.2 Å². The number of benzene rings is 1. The Morgan fingerprint density at radius 1 is 1.28 bits per heavy atom. The number of nitrogens with two attached hydrogens (primary N) is 1. The van der Waals surface area contributed by atoms with E-state index in [-0.39, 0.29) is 11.7 Å². The van der Waals surface area contributed by atoms with Gasteiger partial charge in [0.1, 0.15) is 5.82 Å². The Morgan fingerprint density at radius 2 is 2.00 bits per heavy atom. The van der Waals surface area contributed by atoms with E-state index in [1.807, 2.05) is 0 Å². The quantitative estimate of drug-likeness (QED) is 0.788. The van der Waals surface area contributed by atoms with Crippen molar-refractivity contribution < 1.29 is 17.6 Å². The molecule has 0 bridgehead atoms. The Labute approximate surface area is 102 Å². The highest BCUT2D eigenvalue weighted by Crippen LogP contribution is 2.32. The molecule has 0 amide bonds. The van der Waals surface area contributed by atoms with Crippen LogP contribution in [0.4, 0.5) is 23.2 Å². The van der Waals surface area contributed by atoms with Gasteiger partial charge in [-0.1, -0.05) is 0 Å². The number of nitrogens with zero attached hydrogens (tertiary/aromatic N) is 1. The molecule has 0 aromatic heterocycles. The van der Waals surface area contributed by atoms with Gasteiger partial charge >= 0.3 is 6.18 Å². The Balaban J connectivity index is 2.24. The van der Waals surface area contributed by atoms with Gasteiger partial charge in [-0.3, -0.25) is 0 Å². The third-order valence-corrected chi connectivity index (χ3v) is 3.07.